The number of rotatable bonds is 2. The van der Waals surface area contributed by atoms with Gasteiger partial charge in [0.05, 0.1) is 5.69 Å². The van der Waals surface area contributed by atoms with Crippen molar-refractivity contribution in [3.05, 3.63) is 52.2 Å². The van der Waals surface area contributed by atoms with Gasteiger partial charge in [0.15, 0.2) is 10.8 Å². The van der Waals surface area contributed by atoms with Crippen LogP contribution in [0.1, 0.15) is 26.5 Å². The smallest absolute Gasteiger partial charge is 0.278 e. The van der Waals surface area contributed by atoms with Crippen molar-refractivity contribution in [1.29, 1.82) is 0 Å². The Balaban J connectivity index is 1.64. The lowest BCUT2D eigenvalue weighted by molar-refractivity contribution is 0.102. The number of carbonyl (C=O) groups is 1. The molecule has 0 saturated heterocycles. The Morgan fingerprint density at radius 3 is 2.91 bits per heavy atom. The van der Waals surface area contributed by atoms with Crippen LogP contribution in [-0.2, 0) is 19.9 Å². The second-order valence-electron chi connectivity index (χ2n) is 5.74. The molecule has 0 spiro atoms. The molecule has 2 aromatic heterocycles. The van der Waals surface area contributed by atoms with E-state index in [2.05, 4.69) is 33.6 Å². The summed E-state index contributed by atoms with van der Waals surface area (Å²) in [5.41, 5.74) is 4.81. The Kier molecular flexibility index (Phi) is 3.27. The second-order valence-corrected chi connectivity index (χ2v) is 6.82. The fourth-order valence-corrected chi connectivity index (χ4v) is 3.96. The van der Waals surface area contributed by atoms with Gasteiger partial charge >= 0.3 is 0 Å². The lowest BCUT2D eigenvalue weighted by Gasteiger charge is -2.13. The number of nitrogens with one attached hydrogen (secondary N) is 1. The van der Waals surface area contributed by atoms with E-state index in [-0.39, 0.29) is 5.91 Å². The molecule has 3 aromatic rings. The molecule has 1 aliphatic carbocycles. The minimum Gasteiger partial charge on any atom is -0.296 e. The molecule has 6 heteroatoms. The van der Waals surface area contributed by atoms with E-state index in [1.807, 2.05) is 26.2 Å². The highest BCUT2D eigenvalue weighted by atomic mass is 32.1. The average Bonchev–Trinajstić information content (AvgIpc) is 3.09. The number of anilines is 1. The first-order valence-electron chi connectivity index (χ1n) is 7.51. The zero-order valence-electron chi connectivity index (χ0n) is 13.0. The number of amides is 1. The van der Waals surface area contributed by atoms with Crippen LogP contribution in [0.3, 0.4) is 0 Å². The van der Waals surface area contributed by atoms with Gasteiger partial charge in [0, 0.05) is 29.2 Å². The van der Waals surface area contributed by atoms with Crippen molar-refractivity contribution >= 4 is 22.4 Å². The highest BCUT2D eigenvalue weighted by Crippen LogP contribution is 2.38. The molecule has 0 saturated carbocycles. The number of fused-ring (bicyclic) bond motifs is 3. The fourth-order valence-electron chi connectivity index (χ4n) is 2.99. The predicted octanol–water partition coefficient (Wildman–Crippen LogP) is 3.20. The van der Waals surface area contributed by atoms with E-state index in [0.29, 0.717) is 10.8 Å². The molecule has 1 aliphatic rings. The first-order chi connectivity index (χ1) is 11.1. The molecular formula is C17H16N4OS. The maximum atomic E-state index is 12.4. The molecule has 0 atom stereocenters. The van der Waals surface area contributed by atoms with Crippen molar-refractivity contribution in [1.82, 2.24) is 14.8 Å². The third kappa shape index (κ3) is 2.45. The Morgan fingerprint density at radius 2 is 2.13 bits per heavy atom. The van der Waals surface area contributed by atoms with Crippen LogP contribution in [0, 0.1) is 6.92 Å². The molecule has 1 aromatic carbocycles. The van der Waals surface area contributed by atoms with E-state index in [0.717, 1.165) is 24.1 Å². The Labute approximate surface area is 138 Å². The molecule has 5 nitrogen and oxygen atoms in total. The van der Waals surface area contributed by atoms with Crippen LogP contribution >= 0.6 is 11.3 Å². The van der Waals surface area contributed by atoms with Crippen LogP contribution in [0.5, 0.6) is 0 Å². The largest absolute Gasteiger partial charge is 0.296 e. The van der Waals surface area contributed by atoms with Gasteiger partial charge in [0.2, 0.25) is 0 Å². The SMILES string of the molecule is Cc1cn(C)nc1C(=O)Nc1nc2c(s1)CCc1ccccc1-2. The third-order valence-electron chi connectivity index (χ3n) is 4.04. The average molecular weight is 324 g/mol. The van der Waals surface area contributed by atoms with Crippen LogP contribution in [0.2, 0.25) is 0 Å². The zero-order valence-corrected chi connectivity index (χ0v) is 13.8. The van der Waals surface area contributed by atoms with Gasteiger partial charge in [0.25, 0.3) is 5.91 Å². The maximum absolute atomic E-state index is 12.4. The molecule has 116 valence electrons. The number of carbonyl (C=O) groups excluding carboxylic acids is 1. The van der Waals surface area contributed by atoms with Gasteiger partial charge in [-0.2, -0.15) is 5.10 Å². The minimum absolute atomic E-state index is 0.206. The van der Waals surface area contributed by atoms with Crippen molar-refractivity contribution < 1.29 is 4.79 Å². The summed E-state index contributed by atoms with van der Waals surface area (Å²) in [5, 5.41) is 7.74. The third-order valence-corrected chi connectivity index (χ3v) is 5.07. The lowest BCUT2D eigenvalue weighted by atomic mass is 9.94. The number of hydrogen-bond acceptors (Lipinski definition) is 4. The summed E-state index contributed by atoms with van der Waals surface area (Å²) < 4.78 is 1.65. The first-order valence-corrected chi connectivity index (χ1v) is 8.33. The van der Waals surface area contributed by atoms with Gasteiger partial charge in [-0.15, -0.1) is 11.3 Å². The Morgan fingerprint density at radius 1 is 1.30 bits per heavy atom. The van der Waals surface area contributed by atoms with E-state index < -0.39 is 0 Å². The molecule has 2 heterocycles. The molecule has 1 amide bonds. The Hall–Kier alpha value is -2.47. The van der Waals surface area contributed by atoms with Crippen molar-refractivity contribution in [2.45, 2.75) is 19.8 Å². The number of benzene rings is 1. The predicted molar refractivity (Wildman–Crippen MR) is 90.9 cm³/mol. The van der Waals surface area contributed by atoms with E-state index >= 15 is 0 Å². The monoisotopic (exact) mass is 324 g/mol. The van der Waals surface area contributed by atoms with Crippen molar-refractivity contribution in [3.8, 4) is 11.3 Å². The van der Waals surface area contributed by atoms with Crippen LogP contribution in [-0.4, -0.2) is 20.7 Å². The molecule has 4 rings (SSSR count). The molecule has 0 bridgehead atoms. The molecule has 0 radical (unpaired) electrons. The quantitative estimate of drug-likeness (QED) is 0.787. The second kappa shape index (κ2) is 5.31. The molecule has 0 fully saturated rings. The van der Waals surface area contributed by atoms with E-state index in [9.17, 15) is 4.79 Å². The molecule has 1 N–H and O–H groups in total. The van der Waals surface area contributed by atoms with Crippen LogP contribution in [0.25, 0.3) is 11.3 Å². The van der Waals surface area contributed by atoms with E-state index in [1.54, 1.807) is 16.0 Å². The van der Waals surface area contributed by atoms with E-state index in [1.165, 1.54) is 16.0 Å². The molecule has 0 aliphatic heterocycles. The summed E-state index contributed by atoms with van der Waals surface area (Å²) in [6.45, 7) is 1.88. The number of nitrogens with zero attached hydrogens (tertiary/aromatic N) is 3. The highest BCUT2D eigenvalue weighted by molar-refractivity contribution is 7.16. The standard InChI is InChI=1S/C17H16N4OS/c1-10-9-21(2)20-14(10)16(22)19-17-18-15-12-6-4-3-5-11(12)7-8-13(15)23-17/h3-6,9H,7-8H2,1-2H3,(H,18,19,22). The molecule has 23 heavy (non-hydrogen) atoms. The number of hydrogen-bond donors (Lipinski definition) is 1. The zero-order chi connectivity index (χ0) is 16.0. The van der Waals surface area contributed by atoms with Crippen molar-refractivity contribution in [2.24, 2.45) is 7.05 Å². The van der Waals surface area contributed by atoms with Crippen LogP contribution < -0.4 is 5.32 Å². The van der Waals surface area contributed by atoms with Gasteiger partial charge in [-0.1, -0.05) is 24.3 Å². The van der Waals surface area contributed by atoms with Crippen molar-refractivity contribution in [3.63, 3.8) is 0 Å². The first kappa shape index (κ1) is 14.1. The number of aryl methyl sites for hydroxylation is 4. The summed E-state index contributed by atoms with van der Waals surface area (Å²) in [5.74, 6) is -0.206. The minimum atomic E-state index is -0.206. The topological polar surface area (TPSA) is 59.8 Å². The number of thiazole rings is 1. The summed E-state index contributed by atoms with van der Waals surface area (Å²) in [7, 11) is 1.81. The highest BCUT2D eigenvalue weighted by Gasteiger charge is 2.22. The van der Waals surface area contributed by atoms with Gasteiger partial charge in [-0.05, 0) is 25.3 Å². The number of aromatic nitrogens is 3. The summed E-state index contributed by atoms with van der Waals surface area (Å²) in [6.07, 6.45) is 3.83. The summed E-state index contributed by atoms with van der Waals surface area (Å²) in [4.78, 5) is 18.3. The van der Waals surface area contributed by atoms with Crippen LogP contribution in [0.4, 0.5) is 5.13 Å². The van der Waals surface area contributed by atoms with Crippen molar-refractivity contribution in [2.75, 3.05) is 5.32 Å². The van der Waals surface area contributed by atoms with E-state index in [4.69, 9.17) is 0 Å². The fraction of sp³-hybridized carbons (Fsp3) is 0.235. The van der Waals surface area contributed by atoms with Gasteiger partial charge < -0.3 is 0 Å². The van der Waals surface area contributed by atoms with Gasteiger partial charge in [-0.3, -0.25) is 14.8 Å². The molecular weight excluding hydrogens is 308 g/mol. The Bertz CT molecular complexity index is 909. The van der Waals surface area contributed by atoms with Gasteiger partial charge in [-0.25, -0.2) is 4.98 Å². The summed E-state index contributed by atoms with van der Waals surface area (Å²) in [6, 6.07) is 8.33. The summed E-state index contributed by atoms with van der Waals surface area (Å²) >= 11 is 1.56. The van der Waals surface area contributed by atoms with Crippen LogP contribution in [0.15, 0.2) is 30.5 Å². The lowest BCUT2D eigenvalue weighted by Crippen LogP contribution is -2.14. The normalized spacial score (nSPS) is 12.6. The van der Waals surface area contributed by atoms with Gasteiger partial charge in [0.1, 0.15) is 0 Å². The molecule has 0 unspecified atom stereocenters. The maximum Gasteiger partial charge on any atom is 0.278 e.